The lowest BCUT2D eigenvalue weighted by atomic mass is 9.80. The van der Waals surface area contributed by atoms with Gasteiger partial charge in [0.05, 0.1) is 59.8 Å². The fourth-order valence-electron chi connectivity index (χ4n) is 6.53. The molecule has 2 aliphatic rings. The smallest absolute Gasteiger partial charge is 0.416 e. The van der Waals surface area contributed by atoms with Crippen molar-refractivity contribution in [3.8, 4) is 0 Å². The van der Waals surface area contributed by atoms with E-state index in [2.05, 4.69) is 9.97 Å². The zero-order chi connectivity index (χ0) is 39.6. The summed E-state index contributed by atoms with van der Waals surface area (Å²) in [5.74, 6) is -2.32. The number of benzene rings is 2. The number of halogens is 9. The van der Waals surface area contributed by atoms with Gasteiger partial charge in [-0.3, -0.25) is 9.69 Å². The number of morpholine rings is 1. The Balaban J connectivity index is 1.62. The third-order valence-corrected chi connectivity index (χ3v) is 9.33. The number of aromatic nitrogens is 2. The van der Waals surface area contributed by atoms with Crippen molar-refractivity contribution in [1.82, 2.24) is 9.97 Å². The van der Waals surface area contributed by atoms with Crippen molar-refractivity contribution >= 4 is 23.4 Å². The van der Waals surface area contributed by atoms with Crippen LogP contribution in [0.3, 0.4) is 0 Å². The molecule has 1 aromatic heterocycles. The SMILES string of the molecule is CC[C@]1(N)C[C@H](c2ncc(N3CCOCC3)c(Cc3cc(C(F)(F)F)cc(C(F)(F)F)c3)n2)c2cc(C(F)(F)F)ccc2N1C(=O)OCCCCC(=O)O. The number of hydrogen-bond donors (Lipinski definition) is 2. The number of anilines is 2. The molecule has 0 aliphatic carbocycles. The van der Waals surface area contributed by atoms with E-state index >= 15 is 0 Å². The molecule has 294 valence electrons. The lowest BCUT2D eigenvalue weighted by Crippen LogP contribution is -2.61. The number of carbonyl (C=O) groups excluding carboxylic acids is 1. The lowest BCUT2D eigenvalue weighted by molar-refractivity contribution is -0.143. The summed E-state index contributed by atoms with van der Waals surface area (Å²) >= 11 is 0. The van der Waals surface area contributed by atoms with E-state index in [9.17, 15) is 49.1 Å². The van der Waals surface area contributed by atoms with Gasteiger partial charge in [-0.2, -0.15) is 39.5 Å². The Hall–Kier alpha value is -4.65. The fraction of sp³-hybridized carbons (Fsp3) is 0.486. The van der Waals surface area contributed by atoms with Gasteiger partial charge in [0, 0.05) is 31.8 Å². The first-order chi connectivity index (χ1) is 25.2. The Morgan fingerprint density at radius 1 is 0.926 bits per heavy atom. The third kappa shape index (κ3) is 9.17. The maximum atomic E-state index is 14.1. The molecular weight excluding hydrogens is 741 g/mol. The van der Waals surface area contributed by atoms with Crippen LogP contribution in [0, 0.1) is 0 Å². The number of carboxylic acids is 1. The highest BCUT2D eigenvalue weighted by Gasteiger charge is 2.47. The number of nitrogens with zero attached hydrogens (tertiary/aromatic N) is 4. The molecule has 19 heteroatoms. The minimum absolute atomic E-state index is 0.00481. The van der Waals surface area contributed by atoms with Crippen molar-refractivity contribution in [2.75, 3.05) is 42.7 Å². The van der Waals surface area contributed by atoms with E-state index in [1.54, 1.807) is 11.8 Å². The van der Waals surface area contributed by atoms with E-state index in [0.717, 1.165) is 23.1 Å². The first-order valence-corrected chi connectivity index (χ1v) is 16.9. The van der Waals surface area contributed by atoms with E-state index in [0.29, 0.717) is 12.1 Å². The van der Waals surface area contributed by atoms with E-state index < -0.39 is 65.3 Å². The molecule has 3 aromatic rings. The van der Waals surface area contributed by atoms with Crippen LogP contribution in [0.5, 0.6) is 0 Å². The first kappa shape index (κ1) is 40.5. The van der Waals surface area contributed by atoms with Gasteiger partial charge in [0.1, 0.15) is 11.5 Å². The molecule has 2 aromatic carbocycles. The minimum atomic E-state index is -5.11. The van der Waals surface area contributed by atoms with Gasteiger partial charge in [-0.25, -0.2) is 14.8 Å². The van der Waals surface area contributed by atoms with Crippen LogP contribution in [0.1, 0.15) is 84.3 Å². The number of fused-ring (bicyclic) bond motifs is 1. The molecule has 5 rings (SSSR count). The molecule has 0 saturated carbocycles. The second-order valence-electron chi connectivity index (χ2n) is 13.0. The van der Waals surface area contributed by atoms with Gasteiger partial charge in [0.25, 0.3) is 0 Å². The van der Waals surface area contributed by atoms with Crippen LogP contribution in [0.2, 0.25) is 0 Å². The van der Waals surface area contributed by atoms with E-state index in [1.165, 1.54) is 6.20 Å². The highest BCUT2D eigenvalue weighted by molar-refractivity contribution is 5.91. The van der Waals surface area contributed by atoms with Crippen LogP contribution in [0.25, 0.3) is 0 Å². The molecule has 3 N–H and O–H groups in total. The molecule has 2 atom stereocenters. The maximum Gasteiger partial charge on any atom is 0.416 e. The summed E-state index contributed by atoms with van der Waals surface area (Å²) in [7, 11) is 0. The highest BCUT2D eigenvalue weighted by Crippen LogP contribution is 2.48. The van der Waals surface area contributed by atoms with Crippen LogP contribution in [-0.4, -0.2) is 65.7 Å². The number of amides is 1. The summed E-state index contributed by atoms with van der Waals surface area (Å²) in [6.45, 7) is 2.47. The number of ether oxygens (including phenoxy) is 2. The molecule has 3 heterocycles. The van der Waals surface area contributed by atoms with Crippen molar-refractivity contribution < 1.29 is 63.7 Å². The second kappa shape index (κ2) is 15.6. The third-order valence-electron chi connectivity index (χ3n) is 9.33. The zero-order valence-corrected chi connectivity index (χ0v) is 28.7. The fourth-order valence-corrected chi connectivity index (χ4v) is 6.53. The summed E-state index contributed by atoms with van der Waals surface area (Å²) in [4.78, 5) is 36.2. The molecule has 2 aliphatic heterocycles. The summed E-state index contributed by atoms with van der Waals surface area (Å²) in [5, 5.41) is 8.87. The molecule has 1 fully saturated rings. The Kier molecular flexibility index (Phi) is 11.7. The number of carbonyl (C=O) groups is 2. The van der Waals surface area contributed by atoms with Gasteiger partial charge in [-0.1, -0.05) is 6.92 Å². The van der Waals surface area contributed by atoms with Crippen LogP contribution < -0.4 is 15.5 Å². The average molecular weight is 778 g/mol. The Morgan fingerprint density at radius 2 is 1.56 bits per heavy atom. The molecule has 0 bridgehead atoms. The van der Waals surface area contributed by atoms with Gasteiger partial charge in [-0.05, 0) is 73.2 Å². The number of alkyl halides is 9. The molecule has 1 saturated heterocycles. The number of carboxylic acid groups (broad SMARTS) is 1. The van der Waals surface area contributed by atoms with Gasteiger partial charge >= 0.3 is 30.6 Å². The Labute approximate surface area is 303 Å². The molecular formula is C35H36F9N5O5. The van der Waals surface area contributed by atoms with Crippen molar-refractivity contribution in [2.24, 2.45) is 5.73 Å². The maximum absolute atomic E-state index is 14.1. The predicted octanol–water partition coefficient (Wildman–Crippen LogP) is 7.76. The van der Waals surface area contributed by atoms with E-state index in [4.69, 9.17) is 20.3 Å². The van der Waals surface area contributed by atoms with Gasteiger partial charge in [0.15, 0.2) is 0 Å². The zero-order valence-electron chi connectivity index (χ0n) is 28.7. The van der Waals surface area contributed by atoms with Gasteiger partial charge in [0.2, 0.25) is 0 Å². The second-order valence-corrected chi connectivity index (χ2v) is 13.0. The number of rotatable bonds is 10. The molecule has 54 heavy (non-hydrogen) atoms. The minimum Gasteiger partial charge on any atom is -0.481 e. The van der Waals surface area contributed by atoms with Gasteiger partial charge < -0.3 is 25.2 Å². The molecule has 0 spiro atoms. The topological polar surface area (TPSA) is 131 Å². The van der Waals surface area contributed by atoms with E-state index in [1.807, 2.05) is 0 Å². The highest BCUT2D eigenvalue weighted by atomic mass is 19.4. The average Bonchev–Trinajstić information content (AvgIpc) is 3.09. The number of nitrogens with two attached hydrogens (primary N) is 1. The molecule has 0 unspecified atom stereocenters. The quantitative estimate of drug-likeness (QED) is 0.157. The normalized spacial score (nSPS) is 19.4. The summed E-state index contributed by atoms with van der Waals surface area (Å²) in [5.41, 5.74) is 0.819. The van der Waals surface area contributed by atoms with Crippen molar-refractivity contribution in [3.63, 3.8) is 0 Å². The van der Waals surface area contributed by atoms with Crippen molar-refractivity contribution in [1.29, 1.82) is 0 Å². The van der Waals surface area contributed by atoms with Crippen LogP contribution in [0.15, 0.2) is 42.6 Å². The summed E-state index contributed by atoms with van der Waals surface area (Å²) in [6.07, 6.45) is -15.3. The molecule has 0 radical (unpaired) electrons. The predicted molar refractivity (Wildman–Crippen MR) is 175 cm³/mol. The number of aliphatic carboxylic acids is 1. The summed E-state index contributed by atoms with van der Waals surface area (Å²) < 4.78 is 136. The lowest BCUT2D eigenvalue weighted by Gasteiger charge is -2.46. The van der Waals surface area contributed by atoms with Crippen molar-refractivity contribution in [3.05, 3.63) is 81.9 Å². The van der Waals surface area contributed by atoms with Crippen LogP contribution >= 0.6 is 0 Å². The van der Waals surface area contributed by atoms with E-state index in [-0.39, 0.29) is 105 Å². The monoisotopic (exact) mass is 777 g/mol. The van der Waals surface area contributed by atoms with Crippen LogP contribution in [-0.2, 0) is 39.2 Å². The standard InChI is InChI=1S/C35H36F9N5O5/c1-2-32(45)18-25(24-17-21(33(36,37)38)6-7-27(24)49(32)31(52)54-10-4-3-5-29(50)51)30-46-19-28(48-8-11-53-12-9-48)26(47-30)15-20-13-22(34(39,40)41)16-23(14-20)35(42,43)44/h6-7,13-14,16-17,19,25H,2-5,8-12,15,18,45H2,1H3,(H,50,51)/t25-,32+/m0/s1. The molecule has 1 amide bonds. The first-order valence-electron chi connectivity index (χ1n) is 16.9. The largest absolute Gasteiger partial charge is 0.481 e. The van der Waals surface area contributed by atoms with Crippen molar-refractivity contribution in [2.45, 2.75) is 75.6 Å². The van der Waals surface area contributed by atoms with Gasteiger partial charge in [-0.15, -0.1) is 0 Å². The molecule has 10 nitrogen and oxygen atoms in total. The Bertz CT molecular complexity index is 1820. The van der Waals surface area contributed by atoms with Crippen LogP contribution in [0.4, 0.5) is 55.7 Å². The number of unbranched alkanes of at least 4 members (excludes halogenated alkanes) is 1. The Morgan fingerprint density at radius 3 is 2.13 bits per heavy atom. The number of hydrogen-bond acceptors (Lipinski definition) is 8. The summed E-state index contributed by atoms with van der Waals surface area (Å²) in [6, 6.07) is 3.79.